The van der Waals surface area contributed by atoms with E-state index in [1.165, 1.54) is 11.1 Å². The number of halogens is 3. The fraction of sp³-hybridized carbons (Fsp3) is 0.652. The van der Waals surface area contributed by atoms with Crippen molar-refractivity contribution < 1.29 is 37.3 Å². The number of rotatable bonds is 6. The highest BCUT2D eigenvalue weighted by Gasteiger charge is 2.43. The van der Waals surface area contributed by atoms with Crippen molar-refractivity contribution >= 4 is 12.0 Å². The Balaban J connectivity index is 0.000000509. The molecule has 2 fully saturated rings. The van der Waals surface area contributed by atoms with Gasteiger partial charge in [0.15, 0.2) is 0 Å². The molecule has 2 saturated heterocycles. The summed E-state index contributed by atoms with van der Waals surface area (Å²) in [6.07, 6.45) is -2.03. The van der Waals surface area contributed by atoms with Crippen molar-refractivity contribution in [1.29, 1.82) is 0 Å². The van der Waals surface area contributed by atoms with E-state index in [1.807, 2.05) is 6.92 Å². The zero-order chi connectivity index (χ0) is 25.2. The number of hydrogen-bond acceptors (Lipinski definition) is 5. The molecule has 2 aliphatic heterocycles. The third kappa shape index (κ3) is 9.11. The Morgan fingerprint density at radius 3 is 2.41 bits per heavy atom. The van der Waals surface area contributed by atoms with Crippen molar-refractivity contribution in [2.45, 2.75) is 57.5 Å². The minimum atomic E-state index is -5.08. The Hall–Kier alpha value is -2.37. The number of amides is 2. The monoisotopic (exact) mass is 489 g/mol. The molecular formula is C23H34F3N3O5. The highest BCUT2D eigenvalue weighted by molar-refractivity contribution is 5.73. The van der Waals surface area contributed by atoms with Crippen LogP contribution in [-0.4, -0.2) is 79.3 Å². The number of nitrogens with zero attached hydrogens (tertiary/aromatic N) is 1. The summed E-state index contributed by atoms with van der Waals surface area (Å²) < 4.78 is 44.0. The molecule has 2 heterocycles. The first-order valence-electron chi connectivity index (χ1n) is 11.4. The Morgan fingerprint density at radius 1 is 1.18 bits per heavy atom. The molecule has 192 valence electrons. The van der Waals surface area contributed by atoms with E-state index in [2.05, 4.69) is 46.7 Å². The smallest absolute Gasteiger partial charge is 0.475 e. The van der Waals surface area contributed by atoms with Crippen LogP contribution in [-0.2, 0) is 27.2 Å². The van der Waals surface area contributed by atoms with Gasteiger partial charge in [0.1, 0.15) is 5.60 Å². The zero-order valence-corrected chi connectivity index (χ0v) is 19.6. The molecule has 0 saturated carbocycles. The topological polar surface area (TPSA) is 100 Å². The van der Waals surface area contributed by atoms with Crippen LogP contribution in [0.4, 0.5) is 18.0 Å². The lowest BCUT2D eigenvalue weighted by Crippen LogP contribution is -2.46. The van der Waals surface area contributed by atoms with E-state index in [-0.39, 0.29) is 17.7 Å². The fourth-order valence-electron chi connectivity index (χ4n) is 3.95. The molecule has 2 aliphatic rings. The van der Waals surface area contributed by atoms with Crippen molar-refractivity contribution in [3.63, 3.8) is 0 Å². The number of aliphatic carboxylic acids is 1. The molecule has 1 aromatic rings. The highest BCUT2D eigenvalue weighted by atomic mass is 19.4. The molecule has 0 aromatic heterocycles. The second-order valence-electron chi connectivity index (χ2n) is 8.44. The third-order valence-corrected chi connectivity index (χ3v) is 5.67. The fourth-order valence-corrected chi connectivity index (χ4v) is 3.95. The Bertz CT molecular complexity index is 791. The lowest BCUT2D eigenvalue weighted by molar-refractivity contribution is -0.192. The number of carbonyl (C=O) groups is 2. The van der Waals surface area contributed by atoms with Crippen LogP contribution in [0.2, 0.25) is 0 Å². The standard InChI is InChI=1S/C21H33N3O3.C2HF3O2/c1-3-17-5-7-18(8-6-17)14-24-11-12-26-16-21(15-24)10-9-19(27-21)13-23-20(25)22-4-2;3-2(4,5)1(6)7/h5-8,19H,3-4,9-16H2,1-2H3,(H2,22,23,25);(H,6,7). The van der Waals surface area contributed by atoms with Gasteiger partial charge in [0.25, 0.3) is 0 Å². The molecule has 2 amide bonds. The van der Waals surface area contributed by atoms with Gasteiger partial charge >= 0.3 is 18.2 Å². The first kappa shape index (κ1) is 27.9. The SMILES string of the molecule is CCNC(=O)NCC1CCC2(COCCN(Cc3ccc(CC)cc3)C2)O1.O=C(O)C(F)(F)F. The maximum absolute atomic E-state index is 11.6. The van der Waals surface area contributed by atoms with Gasteiger partial charge in [0.05, 0.1) is 19.3 Å². The Labute approximate surface area is 197 Å². The summed E-state index contributed by atoms with van der Waals surface area (Å²) >= 11 is 0. The number of hydrogen-bond donors (Lipinski definition) is 3. The van der Waals surface area contributed by atoms with Crippen molar-refractivity contribution in [3.8, 4) is 0 Å². The molecule has 0 aliphatic carbocycles. The maximum atomic E-state index is 11.6. The highest BCUT2D eigenvalue weighted by Crippen LogP contribution is 2.33. The number of carbonyl (C=O) groups excluding carboxylic acids is 1. The summed E-state index contributed by atoms with van der Waals surface area (Å²) in [6.45, 7) is 9.35. The van der Waals surface area contributed by atoms with Gasteiger partial charge in [-0.1, -0.05) is 31.2 Å². The van der Waals surface area contributed by atoms with Crippen LogP contribution in [0.3, 0.4) is 0 Å². The van der Waals surface area contributed by atoms with Gasteiger partial charge in [-0.25, -0.2) is 9.59 Å². The van der Waals surface area contributed by atoms with Crippen LogP contribution in [0, 0.1) is 0 Å². The van der Waals surface area contributed by atoms with Crippen LogP contribution < -0.4 is 10.6 Å². The van der Waals surface area contributed by atoms with E-state index in [0.717, 1.165) is 45.5 Å². The van der Waals surface area contributed by atoms with Gasteiger partial charge in [-0.15, -0.1) is 0 Å². The molecule has 8 nitrogen and oxygen atoms in total. The number of aryl methyl sites for hydroxylation is 1. The average Bonchev–Trinajstić information content (AvgIpc) is 3.07. The third-order valence-electron chi connectivity index (χ3n) is 5.67. The van der Waals surface area contributed by atoms with Crippen LogP contribution in [0.15, 0.2) is 24.3 Å². The van der Waals surface area contributed by atoms with Gasteiger partial charge in [-0.05, 0) is 37.3 Å². The second-order valence-corrected chi connectivity index (χ2v) is 8.44. The lowest BCUT2D eigenvalue weighted by atomic mass is 9.99. The largest absolute Gasteiger partial charge is 0.490 e. The quantitative estimate of drug-likeness (QED) is 0.568. The Kier molecular flexibility index (Phi) is 10.6. The Morgan fingerprint density at radius 2 is 1.82 bits per heavy atom. The molecule has 2 unspecified atom stereocenters. The molecule has 1 aromatic carbocycles. The second kappa shape index (κ2) is 12.9. The molecule has 34 heavy (non-hydrogen) atoms. The molecular weight excluding hydrogens is 455 g/mol. The number of carboxylic acids is 1. The molecule has 0 bridgehead atoms. The summed E-state index contributed by atoms with van der Waals surface area (Å²) in [5, 5.41) is 12.8. The zero-order valence-electron chi connectivity index (χ0n) is 19.6. The predicted molar refractivity (Wildman–Crippen MR) is 120 cm³/mol. The van der Waals surface area contributed by atoms with Gasteiger partial charge < -0.3 is 25.2 Å². The molecule has 3 rings (SSSR count). The van der Waals surface area contributed by atoms with E-state index in [9.17, 15) is 18.0 Å². The van der Waals surface area contributed by atoms with Crippen molar-refractivity contribution in [3.05, 3.63) is 35.4 Å². The molecule has 11 heteroatoms. The van der Waals surface area contributed by atoms with E-state index in [4.69, 9.17) is 19.4 Å². The van der Waals surface area contributed by atoms with Crippen LogP contribution in [0.25, 0.3) is 0 Å². The summed E-state index contributed by atoms with van der Waals surface area (Å²) in [6, 6.07) is 8.76. The molecule has 0 radical (unpaired) electrons. The lowest BCUT2D eigenvalue weighted by Gasteiger charge is -2.32. The van der Waals surface area contributed by atoms with Gasteiger partial charge in [-0.2, -0.15) is 13.2 Å². The summed E-state index contributed by atoms with van der Waals surface area (Å²) in [7, 11) is 0. The number of urea groups is 1. The number of ether oxygens (including phenoxy) is 2. The normalized spacial score (nSPS) is 23.0. The first-order valence-corrected chi connectivity index (χ1v) is 11.4. The van der Waals surface area contributed by atoms with Crippen molar-refractivity contribution in [2.24, 2.45) is 0 Å². The molecule has 3 N–H and O–H groups in total. The number of carboxylic acid groups (broad SMARTS) is 1. The van der Waals surface area contributed by atoms with Crippen molar-refractivity contribution in [1.82, 2.24) is 15.5 Å². The number of alkyl halides is 3. The maximum Gasteiger partial charge on any atom is 0.490 e. The van der Waals surface area contributed by atoms with Crippen LogP contribution in [0.1, 0.15) is 37.8 Å². The van der Waals surface area contributed by atoms with E-state index in [0.29, 0.717) is 19.7 Å². The summed E-state index contributed by atoms with van der Waals surface area (Å²) in [4.78, 5) is 22.9. The van der Waals surface area contributed by atoms with E-state index < -0.39 is 12.1 Å². The van der Waals surface area contributed by atoms with Crippen molar-refractivity contribution in [2.75, 3.05) is 39.4 Å². The summed E-state index contributed by atoms with van der Waals surface area (Å²) in [5.74, 6) is -2.76. The van der Waals surface area contributed by atoms with E-state index >= 15 is 0 Å². The number of benzene rings is 1. The minimum Gasteiger partial charge on any atom is -0.475 e. The number of nitrogens with one attached hydrogen (secondary N) is 2. The molecule has 1 spiro atoms. The van der Waals surface area contributed by atoms with Crippen LogP contribution >= 0.6 is 0 Å². The van der Waals surface area contributed by atoms with E-state index in [1.54, 1.807) is 0 Å². The van der Waals surface area contributed by atoms with Crippen LogP contribution in [0.5, 0.6) is 0 Å². The van der Waals surface area contributed by atoms with Gasteiger partial charge in [-0.3, -0.25) is 4.90 Å². The first-order chi connectivity index (χ1) is 16.1. The van der Waals surface area contributed by atoms with Gasteiger partial charge in [0.2, 0.25) is 0 Å². The molecule has 2 atom stereocenters. The predicted octanol–water partition coefficient (Wildman–Crippen LogP) is 2.95. The van der Waals surface area contributed by atoms with Gasteiger partial charge in [0, 0.05) is 32.7 Å². The average molecular weight is 490 g/mol. The minimum absolute atomic E-state index is 0.0555. The summed E-state index contributed by atoms with van der Waals surface area (Å²) in [5.41, 5.74) is 2.45.